The van der Waals surface area contributed by atoms with Crippen molar-refractivity contribution in [1.29, 1.82) is 0 Å². The predicted octanol–water partition coefficient (Wildman–Crippen LogP) is 17.1. The van der Waals surface area contributed by atoms with Crippen molar-refractivity contribution in [1.82, 2.24) is 9.80 Å². The number of Topliss-reactive ketones (excluding diaryl/α,β-unsaturated/α-hetero) is 1. The van der Waals surface area contributed by atoms with Crippen LogP contribution in [0.15, 0.2) is 206 Å². The number of benzene rings is 8. The Morgan fingerprint density at radius 3 is 1.36 bits per heavy atom. The Balaban J connectivity index is 0.000000239. The Hall–Kier alpha value is -7.42. The van der Waals surface area contributed by atoms with E-state index in [-0.39, 0.29) is 53.2 Å². The van der Waals surface area contributed by atoms with E-state index in [9.17, 15) is 35.9 Å². The lowest BCUT2D eigenvalue weighted by Gasteiger charge is -2.34. The molecule has 1 N–H and O–H groups in total. The van der Waals surface area contributed by atoms with Crippen LogP contribution in [0.25, 0.3) is 0 Å². The van der Waals surface area contributed by atoms with Crippen LogP contribution in [0, 0.1) is 0 Å². The number of carbonyl (C=O) groups excluding carboxylic acids is 1. The number of rotatable bonds is 26. The van der Waals surface area contributed by atoms with Crippen molar-refractivity contribution < 1.29 is 50.5 Å². The minimum absolute atomic E-state index is 0.00570. The van der Waals surface area contributed by atoms with Gasteiger partial charge in [-0.15, -0.1) is 0 Å². The van der Waals surface area contributed by atoms with E-state index in [1.54, 1.807) is 43.3 Å². The molecule has 434 valence electrons. The van der Waals surface area contributed by atoms with E-state index in [1.807, 2.05) is 104 Å². The first kappa shape index (κ1) is 63.2. The highest BCUT2D eigenvalue weighted by Crippen LogP contribution is 2.39. The van der Waals surface area contributed by atoms with Gasteiger partial charge in [-0.25, -0.2) is 0 Å². The van der Waals surface area contributed by atoms with Gasteiger partial charge in [0.25, 0.3) is 0 Å². The topological polar surface area (TPSA) is 79.3 Å². The van der Waals surface area contributed by atoms with E-state index < -0.39 is 29.4 Å². The minimum Gasteiger partial charge on any atom is -0.494 e. The van der Waals surface area contributed by atoms with Gasteiger partial charge < -0.3 is 14.6 Å². The number of hydrogen-bond donors (Lipinski definition) is 1. The number of aliphatic carboxylic acids is 1. The average molecular weight is 1180 g/mol. The number of ketones is 1. The number of alkyl halides is 6. The molecule has 8 rings (SSSR count). The van der Waals surface area contributed by atoms with Gasteiger partial charge in [0.15, 0.2) is 0 Å². The van der Waals surface area contributed by atoms with Crippen LogP contribution in [-0.2, 0) is 47.9 Å². The molecule has 0 aliphatic rings. The molecule has 0 radical (unpaired) electrons. The first-order valence-corrected chi connectivity index (χ1v) is 28.1. The van der Waals surface area contributed by atoms with E-state index in [1.165, 1.54) is 12.1 Å². The molecule has 7 nitrogen and oxygen atoms in total. The molecule has 0 saturated carbocycles. The molecule has 8 aromatic rings. The maximum atomic E-state index is 13.7. The normalized spacial score (nSPS) is 12.1. The first-order valence-electron chi connectivity index (χ1n) is 27.3. The van der Waals surface area contributed by atoms with Crippen molar-refractivity contribution >= 4 is 35.0 Å². The van der Waals surface area contributed by atoms with Gasteiger partial charge in [-0.1, -0.05) is 193 Å². The number of nitrogens with zero attached hydrogens (tertiary/aromatic N) is 2. The summed E-state index contributed by atoms with van der Waals surface area (Å²) in [6, 6.07) is 62.7. The SMILES string of the molecule is CC(=O)Cc1cccc(OCCCN(Cc2cccc(C(F)(F)F)c2Cl)CC(c2ccccc2)c2ccccc2)c1.CC(CCOc1cccc(CC(=O)O)c1)N(Cc1cccc(C(F)(F)F)c1Cl)CC(c1ccccc1)c1ccccc1. The maximum absolute atomic E-state index is 13.7. The molecule has 0 saturated heterocycles. The van der Waals surface area contributed by atoms with Crippen LogP contribution in [0.3, 0.4) is 0 Å². The zero-order chi connectivity index (χ0) is 59.4. The van der Waals surface area contributed by atoms with E-state index >= 15 is 0 Å². The Morgan fingerprint density at radius 2 is 0.928 bits per heavy atom. The maximum Gasteiger partial charge on any atom is 0.417 e. The quantitative estimate of drug-likeness (QED) is 0.0427. The standard InChI is InChI=1S/C34H33ClF3NO3.C34H33ClF3NO2/c1-24(18-19-42-29-16-8-10-25(20-29)21-32(40)41)39(22-28-15-9-17-31(33(28)35)34(36,37)38)23-30(26-11-4-2-5-12-26)27-13-6-3-7-14-27;1-25(40)21-26-11-8-17-30(22-26)41-20-10-19-39(23-29-16-9-18-32(33(29)35)34(36,37)38)24-31(27-12-4-2-5-13-27)28-14-6-3-7-15-28/h2-17,20,24,30H,18-19,21-23H2,1H3,(H,40,41);2-9,11-18,22,31H,10,19-21,23-24H2,1H3. The Labute approximate surface area is 492 Å². The molecular weight excluding hydrogens is 1110 g/mol. The van der Waals surface area contributed by atoms with Gasteiger partial charge in [-0.3, -0.25) is 19.4 Å². The lowest BCUT2D eigenvalue weighted by molar-refractivity contribution is -0.138. The fourth-order valence-corrected chi connectivity index (χ4v) is 10.5. The van der Waals surface area contributed by atoms with Gasteiger partial charge in [0, 0.05) is 57.0 Å². The second kappa shape index (κ2) is 30.8. The number of carboxylic acid groups (broad SMARTS) is 1. The Kier molecular flexibility index (Phi) is 23.4. The second-order valence-corrected chi connectivity index (χ2v) is 21.2. The van der Waals surface area contributed by atoms with Crippen LogP contribution in [0.4, 0.5) is 26.3 Å². The van der Waals surface area contributed by atoms with Crippen molar-refractivity contribution in [3.8, 4) is 11.5 Å². The summed E-state index contributed by atoms with van der Waals surface area (Å²) in [4.78, 5) is 26.9. The van der Waals surface area contributed by atoms with Crippen LogP contribution < -0.4 is 9.47 Å². The molecule has 8 aromatic carbocycles. The van der Waals surface area contributed by atoms with Crippen molar-refractivity contribution in [2.75, 3.05) is 32.8 Å². The fourth-order valence-electron chi connectivity index (χ4n) is 9.94. The summed E-state index contributed by atoms with van der Waals surface area (Å²) in [5.41, 5.74) is 5.14. The third kappa shape index (κ3) is 19.6. The van der Waals surface area contributed by atoms with Crippen LogP contribution in [0.2, 0.25) is 10.0 Å². The number of carboxylic acids is 1. The molecule has 0 heterocycles. The molecule has 0 bridgehead atoms. The van der Waals surface area contributed by atoms with Crippen molar-refractivity contribution in [3.05, 3.63) is 272 Å². The monoisotopic (exact) mass is 1170 g/mol. The lowest BCUT2D eigenvalue weighted by Crippen LogP contribution is -2.37. The number of halogens is 8. The highest BCUT2D eigenvalue weighted by atomic mass is 35.5. The molecule has 0 amide bonds. The van der Waals surface area contributed by atoms with Gasteiger partial charge in [0.1, 0.15) is 17.3 Å². The summed E-state index contributed by atoms with van der Waals surface area (Å²) in [6.45, 7) is 6.50. The van der Waals surface area contributed by atoms with Gasteiger partial charge in [0.2, 0.25) is 0 Å². The van der Waals surface area contributed by atoms with Crippen molar-refractivity contribution in [2.45, 2.75) is 82.9 Å². The molecule has 0 fully saturated rings. The second-order valence-electron chi connectivity index (χ2n) is 20.4. The Bertz CT molecular complexity index is 3220. The van der Waals surface area contributed by atoms with Gasteiger partial charge in [-0.05, 0) is 108 Å². The van der Waals surface area contributed by atoms with E-state index in [0.29, 0.717) is 80.3 Å². The average Bonchev–Trinajstić information content (AvgIpc) is 3.65. The number of carbonyl (C=O) groups is 2. The lowest BCUT2D eigenvalue weighted by atomic mass is 9.90. The van der Waals surface area contributed by atoms with E-state index in [4.69, 9.17) is 37.8 Å². The third-order valence-corrected chi connectivity index (χ3v) is 15.0. The predicted molar refractivity (Wildman–Crippen MR) is 316 cm³/mol. The minimum atomic E-state index is -4.55. The zero-order valence-electron chi connectivity index (χ0n) is 46.1. The molecule has 0 aliphatic carbocycles. The van der Waals surface area contributed by atoms with E-state index in [2.05, 4.69) is 58.3 Å². The van der Waals surface area contributed by atoms with Crippen LogP contribution in [0.5, 0.6) is 11.5 Å². The molecular formula is C68H66Cl2F6N2O5. The molecule has 1 unspecified atom stereocenters. The number of ether oxygens (including phenoxy) is 2. The fraction of sp³-hybridized carbons (Fsp3) is 0.265. The van der Waals surface area contributed by atoms with E-state index in [0.717, 1.165) is 39.9 Å². The summed E-state index contributed by atoms with van der Waals surface area (Å²) in [6.07, 6.45) is -7.61. The van der Waals surface area contributed by atoms with Crippen LogP contribution in [0.1, 0.15) is 94.2 Å². The highest BCUT2D eigenvalue weighted by Gasteiger charge is 2.35. The smallest absolute Gasteiger partial charge is 0.417 e. The molecule has 1 atom stereocenters. The number of hydrogen-bond acceptors (Lipinski definition) is 6. The van der Waals surface area contributed by atoms with Gasteiger partial charge in [0.05, 0.1) is 40.8 Å². The molecule has 0 aromatic heterocycles. The summed E-state index contributed by atoms with van der Waals surface area (Å²) in [7, 11) is 0. The molecule has 0 spiro atoms. The molecule has 83 heavy (non-hydrogen) atoms. The Morgan fingerprint density at radius 1 is 0.518 bits per heavy atom. The van der Waals surface area contributed by atoms with Crippen LogP contribution >= 0.6 is 23.2 Å². The van der Waals surface area contributed by atoms with Gasteiger partial charge >= 0.3 is 18.3 Å². The van der Waals surface area contributed by atoms with Crippen LogP contribution in [-0.4, -0.2) is 65.5 Å². The highest BCUT2D eigenvalue weighted by molar-refractivity contribution is 6.32. The third-order valence-electron chi connectivity index (χ3n) is 14.1. The first-order chi connectivity index (χ1) is 39.8. The summed E-state index contributed by atoms with van der Waals surface area (Å²) in [5, 5.41) is 8.54. The summed E-state index contributed by atoms with van der Waals surface area (Å²) >= 11 is 12.6. The van der Waals surface area contributed by atoms with Gasteiger partial charge in [-0.2, -0.15) is 26.3 Å². The van der Waals surface area contributed by atoms with Crippen molar-refractivity contribution in [3.63, 3.8) is 0 Å². The molecule has 0 aliphatic heterocycles. The van der Waals surface area contributed by atoms with Crippen molar-refractivity contribution in [2.24, 2.45) is 0 Å². The zero-order valence-corrected chi connectivity index (χ0v) is 47.7. The summed E-state index contributed by atoms with van der Waals surface area (Å²) in [5.74, 6) is 0.384. The molecule has 15 heteroatoms. The summed E-state index contributed by atoms with van der Waals surface area (Å²) < 4.78 is 93.7. The largest absolute Gasteiger partial charge is 0.494 e.